The van der Waals surface area contributed by atoms with Crippen molar-refractivity contribution in [3.63, 3.8) is 0 Å². The fourth-order valence-corrected chi connectivity index (χ4v) is 1.75. The van der Waals surface area contributed by atoms with Gasteiger partial charge in [-0.2, -0.15) is 0 Å². The highest BCUT2D eigenvalue weighted by molar-refractivity contribution is 5.89. The van der Waals surface area contributed by atoms with E-state index in [2.05, 4.69) is 10.4 Å². The Kier molecular flexibility index (Phi) is 4.24. The number of nitro benzene ring substituents is 1. The lowest BCUT2D eigenvalue weighted by Gasteiger charge is -2.03. The van der Waals surface area contributed by atoms with Gasteiger partial charge >= 0.3 is 11.7 Å². The summed E-state index contributed by atoms with van der Waals surface area (Å²) in [5.41, 5.74) is -0.298. The molecule has 8 heteroatoms. The van der Waals surface area contributed by atoms with Crippen LogP contribution < -0.4 is 4.74 Å². The Hall–Kier alpha value is -2.51. The van der Waals surface area contributed by atoms with Crippen LogP contribution in [0.5, 0.6) is 5.75 Å². The molecule has 1 aromatic carbocycles. The summed E-state index contributed by atoms with van der Waals surface area (Å²) in [4.78, 5) is 21.8. The van der Waals surface area contributed by atoms with Gasteiger partial charge in [-0.25, -0.2) is 0 Å². The van der Waals surface area contributed by atoms with Gasteiger partial charge in [0.25, 0.3) is 5.58 Å². The van der Waals surface area contributed by atoms with Crippen LogP contribution in [0.3, 0.4) is 0 Å². The van der Waals surface area contributed by atoms with Gasteiger partial charge in [0.05, 0.1) is 4.92 Å². The highest BCUT2D eigenvalue weighted by atomic mass is 16.6. The predicted molar refractivity (Wildman–Crippen MR) is 68.2 cm³/mol. The summed E-state index contributed by atoms with van der Waals surface area (Å²) in [6, 6.07) is 2.52. The molecule has 0 fully saturated rings. The normalized spacial score (nSPS) is 10.7. The molecule has 0 amide bonds. The van der Waals surface area contributed by atoms with Crippen LogP contribution in [0.2, 0.25) is 0 Å². The van der Waals surface area contributed by atoms with Crippen LogP contribution in [0.4, 0.5) is 5.69 Å². The molecule has 0 saturated carbocycles. The van der Waals surface area contributed by atoms with Crippen LogP contribution >= 0.6 is 0 Å². The van der Waals surface area contributed by atoms with Gasteiger partial charge in [-0.15, -0.1) is 5.10 Å². The maximum absolute atomic E-state index is 11.6. The second-order valence-corrected chi connectivity index (χ2v) is 4.22. The Labute approximate surface area is 113 Å². The molecule has 0 bridgehead atoms. The van der Waals surface area contributed by atoms with E-state index in [0.29, 0.717) is 0 Å². The number of hydrogen-bond donors (Lipinski definition) is 0. The lowest BCUT2D eigenvalue weighted by molar-refractivity contribution is -0.383. The highest BCUT2D eigenvalue weighted by Gasteiger charge is 2.22. The quantitative estimate of drug-likeness (QED) is 0.263. The number of ether oxygens (including phenoxy) is 1. The molecule has 0 N–H and O–H groups in total. The van der Waals surface area contributed by atoms with E-state index in [4.69, 9.17) is 9.26 Å². The van der Waals surface area contributed by atoms with Gasteiger partial charge in [-0.05, 0) is 12.5 Å². The fraction of sp³-hybridized carbons (Fsp3) is 0.417. The third kappa shape index (κ3) is 2.90. The van der Waals surface area contributed by atoms with Crippen LogP contribution in [-0.2, 0) is 4.79 Å². The van der Waals surface area contributed by atoms with Gasteiger partial charge in [-0.3, -0.25) is 14.9 Å². The van der Waals surface area contributed by atoms with E-state index in [0.717, 1.165) is 19.3 Å². The third-order valence-corrected chi connectivity index (χ3v) is 2.75. The molecule has 8 nitrogen and oxygen atoms in total. The molecule has 1 aromatic heterocycles. The van der Waals surface area contributed by atoms with Crippen LogP contribution in [0.15, 0.2) is 16.7 Å². The number of unbranched alkanes of at least 4 members (excludes halogenated alkanes) is 2. The topological polar surface area (TPSA) is 108 Å². The van der Waals surface area contributed by atoms with Crippen LogP contribution in [0.1, 0.15) is 32.6 Å². The first-order valence-corrected chi connectivity index (χ1v) is 6.23. The summed E-state index contributed by atoms with van der Waals surface area (Å²) in [6.45, 7) is 2.03. The largest absolute Gasteiger partial charge is 0.424 e. The molecule has 0 aliphatic rings. The Morgan fingerprint density at radius 3 is 2.95 bits per heavy atom. The third-order valence-electron chi connectivity index (χ3n) is 2.75. The number of carbonyl (C=O) groups excluding carboxylic acids is 1. The van der Waals surface area contributed by atoms with E-state index in [-0.39, 0.29) is 29.0 Å². The maximum Gasteiger partial charge on any atom is 0.317 e. The summed E-state index contributed by atoms with van der Waals surface area (Å²) >= 11 is 0. The molecule has 0 unspecified atom stereocenters. The molecule has 106 valence electrons. The van der Waals surface area contributed by atoms with Crippen LogP contribution in [0.25, 0.3) is 11.1 Å². The summed E-state index contributed by atoms with van der Waals surface area (Å²) in [6.07, 6.45) is 2.97. The number of nitrogens with zero attached hydrogens (tertiary/aromatic N) is 3. The number of nitro groups is 1. The Morgan fingerprint density at radius 1 is 1.45 bits per heavy atom. The first-order valence-electron chi connectivity index (χ1n) is 6.23. The van der Waals surface area contributed by atoms with Crippen LogP contribution in [-0.4, -0.2) is 21.3 Å². The average Bonchev–Trinajstić information content (AvgIpc) is 2.88. The standard InChI is InChI=1S/C12H13N3O5/c1-2-3-4-5-10(16)19-9-7-6-8(15(17)18)12-11(9)13-14-20-12/h6-7H,2-5H2,1H3. The molecule has 20 heavy (non-hydrogen) atoms. The lowest BCUT2D eigenvalue weighted by atomic mass is 10.2. The summed E-state index contributed by atoms with van der Waals surface area (Å²) < 4.78 is 9.88. The second-order valence-electron chi connectivity index (χ2n) is 4.22. The molecule has 0 atom stereocenters. The van der Waals surface area contributed by atoms with Crippen molar-refractivity contribution in [2.45, 2.75) is 32.6 Å². The minimum atomic E-state index is -0.609. The number of rotatable bonds is 6. The van der Waals surface area contributed by atoms with Crippen molar-refractivity contribution in [2.24, 2.45) is 0 Å². The first kappa shape index (κ1) is 13.9. The zero-order valence-corrected chi connectivity index (χ0v) is 10.9. The van der Waals surface area contributed by atoms with Gasteiger partial charge in [0.2, 0.25) is 0 Å². The zero-order valence-electron chi connectivity index (χ0n) is 10.9. The second kappa shape index (κ2) is 6.09. The van der Waals surface area contributed by atoms with Crippen LogP contribution in [0, 0.1) is 10.1 Å². The number of fused-ring (bicyclic) bond motifs is 1. The van der Waals surface area contributed by atoms with E-state index in [1.165, 1.54) is 12.1 Å². The molecule has 2 rings (SSSR count). The van der Waals surface area contributed by atoms with E-state index < -0.39 is 10.9 Å². The summed E-state index contributed by atoms with van der Waals surface area (Å²) in [5, 5.41) is 17.7. The summed E-state index contributed by atoms with van der Waals surface area (Å²) in [7, 11) is 0. The smallest absolute Gasteiger partial charge is 0.317 e. The maximum atomic E-state index is 11.6. The van der Waals surface area contributed by atoms with Gasteiger partial charge in [0.1, 0.15) is 0 Å². The van der Waals surface area contributed by atoms with Crippen molar-refractivity contribution in [2.75, 3.05) is 0 Å². The van der Waals surface area contributed by atoms with Crippen molar-refractivity contribution in [1.82, 2.24) is 10.4 Å². The van der Waals surface area contributed by atoms with Gasteiger partial charge in [0.15, 0.2) is 11.3 Å². The Bertz CT molecular complexity index is 637. The van der Waals surface area contributed by atoms with Crippen molar-refractivity contribution in [1.29, 1.82) is 0 Å². The molecule has 0 aliphatic heterocycles. The van der Waals surface area contributed by atoms with Crippen molar-refractivity contribution in [3.05, 3.63) is 22.2 Å². The number of carbonyl (C=O) groups is 1. The van der Waals surface area contributed by atoms with E-state index in [1.807, 2.05) is 6.92 Å². The molecule has 1 heterocycles. The SMILES string of the molecule is CCCCCC(=O)Oc1ccc([N+](=O)[O-])c2onnc12. The fourth-order valence-electron chi connectivity index (χ4n) is 1.75. The number of esters is 1. The van der Waals surface area contributed by atoms with Crippen molar-refractivity contribution >= 4 is 22.8 Å². The molecular formula is C12H13N3O5. The van der Waals surface area contributed by atoms with E-state index in [9.17, 15) is 14.9 Å². The molecular weight excluding hydrogens is 266 g/mol. The Balaban J connectivity index is 2.19. The molecule has 2 aromatic rings. The van der Waals surface area contributed by atoms with Gasteiger partial charge in [0, 0.05) is 17.8 Å². The van der Waals surface area contributed by atoms with E-state index in [1.54, 1.807) is 0 Å². The molecule has 0 radical (unpaired) electrons. The number of benzene rings is 1. The molecule has 0 saturated heterocycles. The number of non-ortho nitro benzene ring substituents is 1. The average molecular weight is 279 g/mol. The first-order chi connectivity index (χ1) is 9.63. The highest BCUT2D eigenvalue weighted by Crippen LogP contribution is 2.31. The zero-order chi connectivity index (χ0) is 14.5. The van der Waals surface area contributed by atoms with Crippen molar-refractivity contribution in [3.8, 4) is 5.75 Å². The summed E-state index contributed by atoms with van der Waals surface area (Å²) in [5.74, 6) is -0.287. The number of aromatic nitrogens is 2. The minimum absolute atomic E-state index is 0.0723. The predicted octanol–water partition coefficient (Wildman–Crippen LogP) is 2.62. The molecule has 0 aliphatic carbocycles. The Morgan fingerprint density at radius 2 is 2.25 bits per heavy atom. The molecule has 0 spiro atoms. The lowest BCUT2D eigenvalue weighted by Crippen LogP contribution is -2.08. The monoisotopic (exact) mass is 279 g/mol. The van der Waals surface area contributed by atoms with E-state index >= 15 is 0 Å². The van der Waals surface area contributed by atoms with Crippen molar-refractivity contribution < 1.29 is 19.0 Å². The van der Waals surface area contributed by atoms with Gasteiger partial charge < -0.3 is 9.26 Å². The van der Waals surface area contributed by atoms with Gasteiger partial charge in [-0.1, -0.05) is 19.8 Å². The minimum Gasteiger partial charge on any atom is -0.424 e. The number of hydrogen-bond acceptors (Lipinski definition) is 7.